The summed E-state index contributed by atoms with van der Waals surface area (Å²) in [5.74, 6) is 0. The Morgan fingerprint density at radius 1 is 0.516 bits per heavy atom. The maximum Gasteiger partial charge on any atom is 0.135 e. The van der Waals surface area contributed by atoms with E-state index in [1.807, 2.05) is 97.1 Å². The summed E-state index contributed by atoms with van der Waals surface area (Å²) in [5.41, 5.74) is 3.97. The molecule has 6 nitrogen and oxygen atoms in total. The zero-order valence-corrected chi connectivity index (χ0v) is 17.6. The van der Waals surface area contributed by atoms with E-state index in [0.29, 0.717) is 22.8 Å². The van der Waals surface area contributed by atoms with Crippen molar-refractivity contribution >= 4 is 11.4 Å². The summed E-state index contributed by atoms with van der Waals surface area (Å²) in [5, 5.41) is 24.5. The van der Waals surface area contributed by atoms with Gasteiger partial charge in [-0.1, -0.05) is 83.1 Å². The summed E-state index contributed by atoms with van der Waals surface area (Å²) < 4.78 is 0. The summed E-state index contributed by atoms with van der Waals surface area (Å²) in [6.07, 6.45) is 3.34. The van der Waals surface area contributed by atoms with E-state index in [4.69, 9.17) is 10.4 Å². The van der Waals surface area contributed by atoms with Crippen LogP contribution in [0.15, 0.2) is 120 Å². The van der Waals surface area contributed by atoms with Crippen molar-refractivity contribution in [1.29, 1.82) is 0 Å². The average molecular weight is 451 g/mol. The molecule has 0 aliphatic rings. The smallest absolute Gasteiger partial charge is 0.135 e. The molecule has 2 N–H and O–H groups in total. The van der Waals surface area contributed by atoms with Crippen LogP contribution in [0.2, 0.25) is 0 Å². The molecule has 0 fully saturated rings. The van der Waals surface area contributed by atoms with Crippen molar-refractivity contribution in [2.75, 3.05) is 0 Å². The molecule has 0 aliphatic heterocycles. The molecule has 0 saturated carbocycles. The normalized spacial score (nSPS) is 11.0. The van der Waals surface area contributed by atoms with Crippen LogP contribution in [0.25, 0.3) is 0 Å². The molecule has 4 rings (SSSR count). The average Bonchev–Trinajstić information content (AvgIpc) is 2.83. The van der Waals surface area contributed by atoms with Crippen molar-refractivity contribution in [2.24, 2.45) is 10.3 Å². The Morgan fingerprint density at radius 2 is 0.871 bits per heavy atom. The van der Waals surface area contributed by atoms with Crippen LogP contribution < -0.4 is 0 Å². The molecule has 1 radical (unpaired) electrons. The molecule has 2 aromatic carbocycles. The van der Waals surface area contributed by atoms with Crippen LogP contribution in [0.3, 0.4) is 0 Å². The second-order valence-corrected chi connectivity index (χ2v) is 6.06. The Hall–Kier alpha value is -3.80. The number of aromatic nitrogens is 2. The van der Waals surface area contributed by atoms with Crippen molar-refractivity contribution in [2.45, 2.75) is 0 Å². The van der Waals surface area contributed by atoms with Crippen LogP contribution in [-0.2, 0) is 17.1 Å². The molecule has 0 spiro atoms. The molecular weight excluding hydrogens is 431 g/mol. The second-order valence-electron chi connectivity index (χ2n) is 6.06. The minimum Gasteiger partial charge on any atom is -0.410 e. The van der Waals surface area contributed by atoms with E-state index in [-0.39, 0.29) is 17.1 Å². The molecule has 0 unspecified atom stereocenters. The van der Waals surface area contributed by atoms with Gasteiger partial charge in [0.05, 0.1) is 11.4 Å². The first-order valence-corrected chi connectivity index (χ1v) is 9.21. The number of benzene rings is 2. The fraction of sp³-hybridized carbons (Fsp3) is 0. The van der Waals surface area contributed by atoms with E-state index in [1.165, 1.54) is 0 Å². The Labute approximate surface area is 191 Å². The number of hydrogen-bond donors (Lipinski definition) is 2. The van der Waals surface area contributed by atoms with Gasteiger partial charge in [-0.15, -0.1) is 0 Å². The first kappa shape index (κ1) is 23.5. The van der Waals surface area contributed by atoms with Crippen LogP contribution in [0.1, 0.15) is 22.5 Å². The molecule has 7 heteroatoms. The first-order valence-electron chi connectivity index (χ1n) is 9.21. The Kier molecular flexibility index (Phi) is 9.62. The van der Waals surface area contributed by atoms with Crippen LogP contribution in [0.4, 0.5) is 0 Å². The molecule has 2 heterocycles. The SMILES string of the molecule is O/N=C(\c1ccccc1)c1ccccn1.O/N=C(\c1ccccc1)c1ccccn1.[Mn]. The van der Waals surface area contributed by atoms with Gasteiger partial charge in [-0.05, 0) is 24.3 Å². The fourth-order valence-corrected chi connectivity index (χ4v) is 2.71. The fourth-order valence-electron chi connectivity index (χ4n) is 2.71. The largest absolute Gasteiger partial charge is 0.410 e. The van der Waals surface area contributed by atoms with Gasteiger partial charge in [-0.3, -0.25) is 9.97 Å². The van der Waals surface area contributed by atoms with E-state index in [2.05, 4.69) is 20.3 Å². The maximum atomic E-state index is 8.98. The van der Waals surface area contributed by atoms with Crippen molar-refractivity contribution in [3.05, 3.63) is 132 Å². The van der Waals surface area contributed by atoms with Crippen molar-refractivity contribution < 1.29 is 27.5 Å². The quantitative estimate of drug-likeness (QED) is 0.205. The van der Waals surface area contributed by atoms with Gasteiger partial charge in [-0.25, -0.2) is 0 Å². The Bertz CT molecular complexity index is 917. The molecule has 0 aliphatic carbocycles. The van der Waals surface area contributed by atoms with Crippen LogP contribution in [0.5, 0.6) is 0 Å². The van der Waals surface area contributed by atoms with E-state index in [0.717, 1.165) is 11.1 Å². The predicted molar refractivity (Wildman–Crippen MR) is 116 cm³/mol. The van der Waals surface area contributed by atoms with Crippen LogP contribution in [0, 0.1) is 0 Å². The molecule has 2 aromatic heterocycles. The molecule has 0 amide bonds. The minimum atomic E-state index is 0. The number of hydrogen-bond acceptors (Lipinski definition) is 6. The number of oxime groups is 2. The van der Waals surface area contributed by atoms with E-state index in [1.54, 1.807) is 12.4 Å². The third-order valence-corrected chi connectivity index (χ3v) is 4.11. The van der Waals surface area contributed by atoms with Crippen LogP contribution >= 0.6 is 0 Å². The van der Waals surface area contributed by atoms with Gasteiger partial charge >= 0.3 is 0 Å². The maximum absolute atomic E-state index is 8.98. The number of pyridine rings is 2. The van der Waals surface area contributed by atoms with E-state index in [9.17, 15) is 0 Å². The molecular formula is C24H20MnN4O2. The molecule has 155 valence electrons. The summed E-state index contributed by atoms with van der Waals surface area (Å²) in [4.78, 5) is 8.27. The van der Waals surface area contributed by atoms with Gasteiger partial charge in [0.1, 0.15) is 11.4 Å². The van der Waals surface area contributed by atoms with Gasteiger partial charge in [0.2, 0.25) is 0 Å². The van der Waals surface area contributed by atoms with E-state index < -0.39 is 0 Å². The zero-order chi connectivity index (χ0) is 21.0. The molecule has 0 bridgehead atoms. The van der Waals surface area contributed by atoms with Gasteiger partial charge < -0.3 is 10.4 Å². The predicted octanol–water partition coefficient (Wildman–Crippen LogP) is 4.61. The monoisotopic (exact) mass is 451 g/mol. The summed E-state index contributed by atoms with van der Waals surface area (Å²) in [6, 6.07) is 29.9. The van der Waals surface area contributed by atoms with Crippen molar-refractivity contribution in [3.8, 4) is 0 Å². The van der Waals surface area contributed by atoms with Gasteiger partial charge in [-0.2, -0.15) is 0 Å². The Balaban J connectivity index is 0.000000213. The topological polar surface area (TPSA) is 91.0 Å². The molecule has 0 atom stereocenters. The van der Waals surface area contributed by atoms with E-state index >= 15 is 0 Å². The summed E-state index contributed by atoms with van der Waals surface area (Å²) in [7, 11) is 0. The number of rotatable bonds is 4. The Morgan fingerprint density at radius 3 is 1.16 bits per heavy atom. The standard InChI is InChI=1S/2C12H10N2O.Mn/c2*15-14-12(10-6-2-1-3-7-10)11-8-4-5-9-13-11;/h2*1-9,15H;/b2*14-12+;. The number of nitrogens with zero attached hydrogens (tertiary/aromatic N) is 4. The van der Waals surface area contributed by atoms with Crippen LogP contribution in [-0.4, -0.2) is 31.8 Å². The molecule has 4 aromatic rings. The first-order chi connectivity index (χ1) is 14.8. The zero-order valence-electron chi connectivity index (χ0n) is 16.5. The third-order valence-electron chi connectivity index (χ3n) is 4.11. The molecule has 31 heavy (non-hydrogen) atoms. The van der Waals surface area contributed by atoms with Crippen molar-refractivity contribution in [3.63, 3.8) is 0 Å². The van der Waals surface area contributed by atoms with Gasteiger partial charge in [0, 0.05) is 40.6 Å². The van der Waals surface area contributed by atoms with Crippen molar-refractivity contribution in [1.82, 2.24) is 9.97 Å². The van der Waals surface area contributed by atoms with Gasteiger partial charge in [0.25, 0.3) is 0 Å². The molecule has 0 saturated heterocycles. The second kappa shape index (κ2) is 12.7. The summed E-state index contributed by atoms with van der Waals surface area (Å²) in [6.45, 7) is 0. The third kappa shape index (κ3) is 6.60. The van der Waals surface area contributed by atoms with Gasteiger partial charge in [0.15, 0.2) is 0 Å². The summed E-state index contributed by atoms with van der Waals surface area (Å²) >= 11 is 0. The minimum absolute atomic E-state index is 0.